The van der Waals surface area contributed by atoms with Crippen molar-refractivity contribution < 1.29 is 32.1 Å². The number of carboxylic acid groups (broad SMARTS) is 1. The van der Waals surface area contributed by atoms with E-state index in [-0.39, 0.29) is 4.43 Å². The molecule has 0 aromatic rings. The highest BCUT2D eigenvalue weighted by Crippen LogP contribution is 2.26. The number of carboxylic acids is 1. The van der Waals surface area contributed by atoms with Crippen LogP contribution >= 0.6 is 22.6 Å². The van der Waals surface area contributed by atoms with Gasteiger partial charge < -0.3 is 14.4 Å². The Bertz CT molecular complexity index is 411. The largest absolute Gasteiger partial charge is 0.542 e. The molecule has 0 heterocycles. The summed E-state index contributed by atoms with van der Waals surface area (Å²) in [5.74, 6) is -3.27. The van der Waals surface area contributed by atoms with E-state index in [0.29, 0.717) is 0 Å². The fraction of sp³-hybridized carbons (Fsp3) is 0.714. The Hall–Kier alpha value is -0.260. The number of likely N-dealkylation sites (N-methyl/N-ethyl adjacent to an activating group) is 1. The van der Waals surface area contributed by atoms with E-state index in [1.807, 2.05) is 0 Å². The number of quaternary nitrogens is 1. The van der Waals surface area contributed by atoms with Gasteiger partial charge in [0.25, 0.3) is 0 Å². The van der Waals surface area contributed by atoms with Gasteiger partial charge in [0.05, 0.1) is 25.6 Å². The molecule has 7 nitrogen and oxygen atoms in total. The molecule has 9 heteroatoms. The number of alkyl halides is 1. The molecule has 0 aromatic heterocycles. The predicted octanol–water partition coefficient (Wildman–Crippen LogP) is -1.97. The summed E-state index contributed by atoms with van der Waals surface area (Å²) < 4.78 is 30.3. The maximum atomic E-state index is 11.6. The molecule has 0 saturated heterocycles. The highest BCUT2D eigenvalue weighted by molar-refractivity contribution is 14.1. The van der Waals surface area contributed by atoms with Gasteiger partial charge in [-0.25, -0.2) is 0 Å². The van der Waals surface area contributed by atoms with Gasteiger partial charge in [0.15, 0.2) is 0 Å². The smallest absolute Gasteiger partial charge is 0.336 e. The standard InChI is InChI=1S/C7H12INO6S/c1-9(2,3)7(6(11)12,5(10)4-8)16(13,14)15/h4H2,1-3H3,(H-,11,12,13,14,15). The van der Waals surface area contributed by atoms with Gasteiger partial charge in [0.1, 0.15) is 5.97 Å². The molecule has 1 atom stereocenters. The van der Waals surface area contributed by atoms with Gasteiger partial charge >= 0.3 is 15.0 Å². The van der Waals surface area contributed by atoms with Crippen molar-refractivity contribution in [2.75, 3.05) is 25.6 Å². The van der Waals surface area contributed by atoms with Crippen LogP contribution in [0.5, 0.6) is 0 Å². The summed E-state index contributed by atoms with van der Waals surface area (Å²) in [6.45, 7) is 0. The van der Waals surface area contributed by atoms with Crippen molar-refractivity contribution in [2.24, 2.45) is 0 Å². The number of carbonyl (C=O) groups excluding carboxylic acids is 2. The molecular formula is C7H12INO6S. The molecule has 0 saturated carbocycles. The Morgan fingerprint density at radius 1 is 1.38 bits per heavy atom. The minimum atomic E-state index is -5.14. The predicted molar refractivity (Wildman–Crippen MR) is 61.2 cm³/mol. The number of rotatable bonds is 5. The van der Waals surface area contributed by atoms with Crippen LogP contribution in [-0.2, 0) is 19.7 Å². The zero-order chi connectivity index (χ0) is 13.4. The van der Waals surface area contributed by atoms with Crippen LogP contribution in [0.3, 0.4) is 0 Å². The van der Waals surface area contributed by atoms with Crippen molar-refractivity contribution in [2.45, 2.75) is 4.87 Å². The van der Waals surface area contributed by atoms with E-state index in [4.69, 9.17) is 4.55 Å². The topological polar surface area (TPSA) is 112 Å². The van der Waals surface area contributed by atoms with E-state index < -0.39 is 31.2 Å². The lowest BCUT2D eigenvalue weighted by Crippen LogP contribution is -2.74. The highest BCUT2D eigenvalue weighted by Gasteiger charge is 2.62. The van der Waals surface area contributed by atoms with E-state index in [2.05, 4.69) is 0 Å². The van der Waals surface area contributed by atoms with Gasteiger partial charge in [0, 0.05) is 0 Å². The van der Waals surface area contributed by atoms with Gasteiger partial charge in [0.2, 0.25) is 5.78 Å². The summed E-state index contributed by atoms with van der Waals surface area (Å²) in [5, 5.41) is 11.0. The van der Waals surface area contributed by atoms with Crippen LogP contribution in [-0.4, -0.2) is 59.6 Å². The van der Waals surface area contributed by atoms with Crippen LogP contribution in [0.25, 0.3) is 0 Å². The molecule has 0 aliphatic heterocycles. The molecular weight excluding hydrogens is 353 g/mol. The molecule has 0 aromatic carbocycles. The molecule has 94 valence electrons. The summed E-state index contributed by atoms with van der Waals surface area (Å²) in [4.78, 5) is 19.6. The lowest BCUT2D eigenvalue weighted by Gasteiger charge is -2.41. The quantitative estimate of drug-likeness (QED) is 0.199. The summed E-state index contributed by atoms with van der Waals surface area (Å²) >= 11 is 1.53. The highest BCUT2D eigenvalue weighted by atomic mass is 127. The molecule has 0 radical (unpaired) electrons. The zero-order valence-corrected chi connectivity index (χ0v) is 11.9. The second kappa shape index (κ2) is 4.55. The van der Waals surface area contributed by atoms with Gasteiger partial charge in [-0.15, -0.1) is 0 Å². The molecule has 0 spiro atoms. The third-order valence-corrected chi connectivity index (χ3v) is 4.48. The van der Waals surface area contributed by atoms with Crippen LogP contribution in [0.1, 0.15) is 0 Å². The van der Waals surface area contributed by atoms with E-state index in [1.54, 1.807) is 0 Å². The molecule has 0 aliphatic carbocycles. The second-order valence-electron chi connectivity index (χ2n) is 3.98. The van der Waals surface area contributed by atoms with E-state index in [9.17, 15) is 23.1 Å². The summed E-state index contributed by atoms with van der Waals surface area (Å²) in [5.41, 5.74) is 0. The number of hydrogen-bond acceptors (Lipinski definition) is 5. The van der Waals surface area contributed by atoms with Crippen LogP contribution in [0, 0.1) is 0 Å². The van der Waals surface area contributed by atoms with Crippen LogP contribution in [0.4, 0.5) is 0 Å². The van der Waals surface area contributed by atoms with E-state index in [1.165, 1.54) is 43.7 Å². The number of hydrogen-bond donors (Lipinski definition) is 1. The van der Waals surface area contributed by atoms with Crippen LogP contribution in [0.15, 0.2) is 0 Å². The van der Waals surface area contributed by atoms with Gasteiger partial charge in [-0.2, -0.15) is 8.42 Å². The van der Waals surface area contributed by atoms with Crippen LogP contribution in [0.2, 0.25) is 0 Å². The number of aliphatic carboxylic acids is 1. The van der Waals surface area contributed by atoms with Crippen molar-refractivity contribution in [3.8, 4) is 0 Å². The minimum absolute atomic E-state index is 0.374. The first-order chi connectivity index (χ1) is 6.92. The first-order valence-corrected chi connectivity index (χ1v) is 6.98. The summed E-state index contributed by atoms with van der Waals surface area (Å²) in [6, 6.07) is 0. The van der Waals surface area contributed by atoms with Crippen LogP contribution < -0.4 is 5.11 Å². The Balaban J connectivity index is 6.27. The van der Waals surface area contributed by atoms with Crippen molar-refractivity contribution in [1.82, 2.24) is 0 Å². The summed E-state index contributed by atoms with van der Waals surface area (Å²) in [6.07, 6.45) is 0. The molecule has 16 heavy (non-hydrogen) atoms. The number of halogens is 1. The average molecular weight is 365 g/mol. The monoisotopic (exact) mass is 365 g/mol. The number of carbonyl (C=O) groups is 2. The van der Waals surface area contributed by atoms with E-state index >= 15 is 0 Å². The molecule has 0 amide bonds. The third-order valence-electron chi connectivity index (χ3n) is 2.09. The Labute approximate surface area is 107 Å². The van der Waals surface area contributed by atoms with Gasteiger partial charge in [-0.3, -0.25) is 9.35 Å². The number of nitrogens with zero attached hydrogens (tertiary/aromatic N) is 1. The number of ketones is 1. The fourth-order valence-electron chi connectivity index (χ4n) is 1.45. The maximum absolute atomic E-state index is 11.6. The van der Waals surface area contributed by atoms with Crippen molar-refractivity contribution in [3.05, 3.63) is 0 Å². The molecule has 0 fully saturated rings. The SMILES string of the molecule is C[N+](C)(C)C(C(=O)[O-])(C(=O)CI)S(=O)(=O)O. The molecule has 1 N–H and O–H groups in total. The van der Waals surface area contributed by atoms with Crippen molar-refractivity contribution in [3.63, 3.8) is 0 Å². The zero-order valence-electron chi connectivity index (χ0n) is 8.93. The lowest BCUT2D eigenvalue weighted by atomic mass is 10.1. The molecule has 0 rings (SSSR count). The Morgan fingerprint density at radius 3 is 1.81 bits per heavy atom. The molecule has 1 unspecified atom stereocenters. The first kappa shape index (κ1) is 15.7. The molecule has 0 bridgehead atoms. The van der Waals surface area contributed by atoms with Gasteiger partial charge in [-0.05, 0) is 0 Å². The Kier molecular flexibility index (Phi) is 4.47. The average Bonchev–Trinajstić information content (AvgIpc) is 1.98. The van der Waals surface area contributed by atoms with E-state index in [0.717, 1.165) is 0 Å². The third kappa shape index (κ3) is 2.21. The normalized spacial score (nSPS) is 16.6. The molecule has 0 aliphatic rings. The van der Waals surface area contributed by atoms with Crippen molar-refractivity contribution >= 4 is 44.5 Å². The number of Topliss-reactive ketones (excluding diaryl/α,β-unsaturated/α-hetero) is 1. The van der Waals surface area contributed by atoms with Gasteiger partial charge in [-0.1, -0.05) is 22.6 Å². The maximum Gasteiger partial charge on any atom is 0.336 e. The van der Waals surface area contributed by atoms with Crippen molar-refractivity contribution in [1.29, 1.82) is 0 Å². The lowest BCUT2D eigenvalue weighted by molar-refractivity contribution is -0.890. The fourth-order valence-corrected chi connectivity index (χ4v) is 3.52. The minimum Gasteiger partial charge on any atom is -0.542 e. The summed E-state index contributed by atoms with van der Waals surface area (Å²) in [7, 11) is -1.62. The second-order valence-corrected chi connectivity index (χ2v) is 6.28. The Morgan fingerprint density at radius 2 is 1.75 bits per heavy atom. The first-order valence-electron chi connectivity index (χ1n) is 4.02.